The van der Waals surface area contributed by atoms with Crippen LogP contribution in [0.15, 0.2) is 59.8 Å². The van der Waals surface area contributed by atoms with Gasteiger partial charge in [-0.15, -0.1) is 0 Å². The summed E-state index contributed by atoms with van der Waals surface area (Å²) in [5.74, 6) is 0. The van der Waals surface area contributed by atoms with Gasteiger partial charge in [-0.05, 0) is 24.6 Å². The number of rotatable bonds is 4. The van der Waals surface area contributed by atoms with E-state index in [2.05, 4.69) is 9.71 Å². The quantitative estimate of drug-likeness (QED) is 0.929. The summed E-state index contributed by atoms with van der Waals surface area (Å²) in [6.45, 7) is 1.52. The first-order valence-electron chi connectivity index (χ1n) is 5.90. The zero-order valence-electron chi connectivity index (χ0n) is 10.8. The maximum Gasteiger partial charge on any atom is 0.259 e. The average molecular weight is 287 g/mol. The predicted molar refractivity (Wildman–Crippen MR) is 74.0 cm³/mol. The van der Waals surface area contributed by atoms with Gasteiger partial charge in [0.25, 0.3) is 10.0 Å². The van der Waals surface area contributed by atoms with E-state index in [0.29, 0.717) is 5.56 Å². The second-order valence-corrected chi connectivity index (χ2v) is 6.01. The van der Waals surface area contributed by atoms with E-state index in [-0.39, 0.29) is 5.03 Å². The fourth-order valence-electron chi connectivity index (χ4n) is 1.74. The highest BCUT2D eigenvalue weighted by molar-refractivity contribution is 7.89. The van der Waals surface area contributed by atoms with E-state index in [1.54, 1.807) is 42.5 Å². The van der Waals surface area contributed by atoms with Crippen LogP contribution in [0.3, 0.4) is 0 Å². The number of aromatic nitrogens is 1. The van der Waals surface area contributed by atoms with Crippen molar-refractivity contribution in [1.82, 2.24) is 9.71 Å². The maximum atomic E-state index is 12.3. The molecule has 0 radical (unpaired) electrons. The summed E-state index contributed by atoms with van der Waals surface area (Å²) in [6, 6.07) is 15.3. The molecule has 1 N–H and O–H groups in total. The van der Waals surface area contributed by atoms with E-state index in [1.807, 2.05) is 6.07 Å². The third-order valence-electron chi connectivity index (χ3n) is 2.83. The lowest BCUT2D eigenvalue weighted by molar-refractivity contribution is 0.521. The van der Waals surface area contributed by atoms with E-state index in [4.69, 9.17) is 0 Å². The highest BCUT2D eigenvalue weighted by Crippen LogP contribution is 2.22. The molecule has 20 heavy (non-hydrogen) atoms. The zero-order valence-corrected chi connectivity index (χ0v) is 11.6. The smallest absolute Gasteiger partial charge is 0.243 e. The number of pyridine rings is 1. The topological polar surface area (TPSA) is 82.9 Å². The van der Waals surface area contributed by atoms with Crippen molar-refractivity contribution in [2.45, 2.75) is 17.5 Å². The lowest BCUT2D eigenvalue weighted by atomic mass is 9.95. The minimum Gasteiger partial charge on any atom is -0.243 e. The molecule has 0 aliphatic rings. The van der Waals surface area contributed by atoms with E-state index in [1.165, 1.54) is 19.2 Å². The molecule has 0 amide bonds. The molecule has 5 nitrogen and oxygen atoms in total. The third kappa shape index (κ3) is 2.85. The van der Waals surface area contributed by atoms with Gasteiger partial charge >= 0.3 is 0 Å². The highest BCUT2D eigenvalue weighted by atomic mass is 32.2. The molecule has 2 aromatic rings. The van der Waals surface area contributed by atoms with Gasteiger partial charge < -0.3 is 0 Å². The van der Waals surface area contributed by atoms with Gasteiger partial charge in [-0.2, -0.15) is 9.98 Å². The van der Waals surface area contributed by atoms with Crippen molar-refractivity contribution >= 4 is 10.0 Å². The molecule has 0 aliphatic carbocycles. The normalized spacial score (nSPS) is 14.2. The van der Waals surface area contributed by atoms with Crippen molar-refractivity contribution in [3.05, 3.63) is 60.3 Å². The van der Waals surface area contributed by atoms with Crippen molar-refractivity contribution in [2.75, 3.05) is 0 Å². The molecule has 0 aliphatic heterocycles. The van der Waals surface area contributed by atoms with Crippen LogP contribution in [0.2, 0.25) is 0 Å². The van der Waals surface area contributed by atoms with Crippen LogP contribution < -0.4 is 4.72 Å². The Hall–Kier alpha value is -2.23. The van der Waals surface area contributed by atoms with Crippen LogP contribution in [0.25, 0.3) is 0 Å². The van der Waals surface area contributed by atoms with Crippen LogP contribution in [0.1, 0.15) is 12.5 Å². The Balaban J connectivity index is 2.39. The fraction of sp³-hybridized carbons (Fsp3) is 0.143. The third-order valence-corrected chi connectivity index (χ3v) is 4.30. The van der Waals surface area contributed by atoms with Gasteiger partial charge in [0.2, 0.25) is 0 Å². The summed E-state index contributed by atoms with van der Waals surface area (Å²) in [6.07, 6.45) is 1.39. The molecule has 1 aromatic heterocycles. The van der Waals surface area contributed by atoms with E-state index < -0.39 is 15.6 Å². The SMILES string of the molecule is CC(C#N)(NS(=O)(=O)c1ccccn1)c1ccccc1. The molecule has 1 aromatic carbocycles. The lowest BCUT2D eigenvalue weighted by Gasteiger charge is -2.23. The first-order valence-corrected chi connectivity index (χ1v) is 7.38. The largest absolute Gasteiger partial charge is 0.259 e. The first kappa shape index (κ1) is 14.2. The summed E-state index contributed by atoms with van der Waals surface area (Å²) in [5, 5.41) is 9.24. The Morgan fingerprint density at radius 2 is 1.80 bits per heavy atom. The Labute approximate surface area is 118 Å². The summed E-state index contributed by atoms with van der Waals surface area (Å²) >= 11 is 0. The number of sulfonamides is 1. The predicted octanol–water partition coefficient (Wildman–Crippen LogP) is 1.80. The van der Waals surface area contributed by atoms with Gasteiger partial charge in [-0.3, -0.25) is 0 Å². The van der Waals surface area contributed by atoms with E-state index in [0.717, 1.165) is 0 Å². The van der Waals surface area contributed by atoms with Crippen LogP contribution >= 0.6 is 0 Å². The average Bonchev–Trinajstić information content (AvgIpc) is 2.48. The molecule has 0 bridgehead atoms. The number of nitriles is 1. The van der Waals surface area contributed by atoms with Gasteiger partial charge in [0.15, 0.2) is 5.03 Å². The molecule has 6 heteroatoms. The number of benzene rings is 1. The highest BCUT2D eigenvalue weighted by Gasteiger charge is 2.32. The number of hydrogen-bond acceptors (Lipinski definition) is 4. The summed E-state index contributed by atoms with van der Waals surface area (Å²) in [5.41, 5.74) is -0.778. The molecule has 102 valence electrons. The summed E-state index contributed by atoms with van der Waals surface area (Å²) in [4.78, 5) is 3.80. The fourth-order valence-corrected chi connectivity index (χ4v) is 3.01. The van der Waals surface area contributed by atoms with Gasteiger partial charge in [0.05, 0.1) is 6.07 Å². The maximum absolute atomic E-state index is 12.3. The van der Waals surface area contributed by atoms with Crippen molar-refractivity contribution in [2.24, 2.45) is 0 Å². The molecule has 1 unspecified atom stereocenters. The molecular formula is C14H13N3O2S. The Morgan fingerprint density at radius 3 is 2.35 bits per heavy atom. The Bertz CT molecular complexity index is 724. The van der Waals surface area contributed by atoms with Gasteiger partial charge in [-0.25, -0.2) is 13.4 Å². The number of hydrogen-bond donors (Lipinski definition) is 1. The molecule has 2 rings (SSSR count). The lowest BCUT2D eigenvalue weighted by Crippen LogP contribution is -2.42. The van der Waals surface area contributed by atoms with Crippen LogP contribution in [0.4, 0.5) is 0 Å². The molecule has 1 atom stereocenters. The first-order chi connectivity index (χ1) is 9.48. The van der Waals surface area contributed by atoms with Gasteiger partial charge in [-0.1, -0.05) is 36.4 Å². The monoisotopic (exact) mass is 287 g/mol. The Kier molecular flexibility index (Phi) is 3.84. The van der Waals surface area contributed by atoms with Crippen molar-refractivity contribution in [1.29, 1.82) is 5.26 Å². The van der Waals surface area contributed by atoms with Gasteiger partial charge in [0.1, 0.15) is 5.54 Å². The van der Waals surface area contributed by atoms with Crippen molar-refractivity contribution in [3.63, 3.8) is 0 Å². The standard InChI is InChI=1S/C14H13N3O2S/c1-14(11-15,12-7-3-2-4-8-12)17-20(18,19)13-9-5-6-10-16-13/h2-10,17H,1H3. The second kappa shape index (κ2) is 5.41. The minimum absolute atomic E-state index is 0.114. The minimum atomic E-state index is -3.86. The zero-order chi connectivity index (χ0) is 14.6. The number of nitrogens with zero attached hydrogens (tertiary/aromatic N) is 2. The second-order valence-electron chi connectivity index (χ2n) is 4.38. The molecule has 0 saturated heterocycles. The van der Waals surface area contributed by atoms with Crippen LogP contribution in [0, 0.1) is 11.3 Å². The summed E-state index contributed by atoms with van der Waals surface area (Å²) < 4.78 is 26.9. The van der Waals surface area contributed by atoms with Crippen molar-refractivity contribution in [3.8, 4) is 6.07 Å². The van der Waals surface area contributed by atoms with Crippen LogP contribution in [-0.4, -0.2) is 13.4 Å². The molecule has 1 heterocycles. The van der Waals surface area contributed by atoms with Crippen LogP contribution in [-0.2, 0) is 15.6 Å². The summed E-state index contributed by atoms with van der Waals surface area (Å²) in [7, 11) is -3.86. The molecule has 0 saturated carbocycles. The van der Waals surface area contributed by atoms with Gasteiger partial charge in [0, 0.05) is 6.20 Å². The van der Waals surface area contributed by atoms with Crippen LogP contribution in [0.5, 0.6) is 0 Å². The van der Waals surface area contributed by atoms with E-state index >= 15 is 0 Å². The molecular weight excluding hydrogens is 274 g/mol. The van der Waals surface area contributed by atoms with Crippen molar-refractivity contribution < 1.29 is 8.42 Å². The molecule has 0 spiro atoms. The molecule has 0 fully saturated rings. The van der Waals surface area contributed by atoms with E-state index in [9.17, 15) is 13.7 Å². The number of nitrogens with one attached hydrogen (secondary N) is 1. The Morgan fingerprint density at radius 1 is 1.15 bits per heavy atom.